The molecule has 0 aliphatic heterocycles. The van der Waals surface area contributed by atoms with Crippen molar-refractivity contribution in [3.8, 4) is 0 Å². The molecule has 0 spiro atoms. The van der Waals surface area contributed by atoms with Crippen LogP contribution in [-0.2, 0) is 0 Å². The highest BCUT2D eigenvalue weighted by molar-refractivity contribution is 6.41. The predicted molar refractivity (Wildman–Crippen MR) is 68.6 cm³/mol. The maximum Gasteiger partial charge on any atom is 0.257 e. The Morgan fingerprint density at radius 1 is 1.22 bits per heavy atom. The van der Waals surface area contributed by atoms with Crippen LogP contribution in [-0.4, -0.2) is 10.9 Å². The average Bonchev–Trinajstić information content (AvgIpc) is 2.35. The maximum atomic E-state index is 12.7. The van der Waals surface area contributed by atoms with E-state index < -0.39 is 5.91 Å². The highest BCUT2D eigenvalue weighted by atomic mass is 35.5. The molecule has 0 aliphatic carbocycles. The van der Waals surface area contributed by atoms with Crippen molar-refractivity contribution in [2.75, 3.05) is 5.32 Å². The number of rotatable bonds is 2. The van der Waals surface area contributed by atoms with Gasteiger partial charge in [-0.1, -0.05) is 23.2 Å². The second-order valence-corrected chi connectivity index (χ2v) is 4.22. The van der Waals surface area contributed by atoms with Crippen molar-refractivity contribution >= 4 is 34.8 Å². The first-order valence-electron chi connectivity index (χ1n) is 4.94. The fourth-order valence-corrected chi connectivity index (χ4v) is 1.55. The van der Waals surface area contributed by atoms with Crippen LogP contribution in [0.3, 0.4) is 0 Å². The summed E-state index contributed by atoms with van der Waals surface area (Å²) in [4.78, 5) is 15.6. The summed E-state index contributed by atoms with van der Waals surface area (Å²) in [6.07, 6.45) is 1.31. The highest BCUT2D eigenvalue weighted by Crippen LogP contribution is 2.20. The van der Waals surface area contributed by atoms with Gasteiger partial charge in [-0.05, 0) is 30.3 Å². The van der Waals surface area contributed by atoms with Crippen molar-refractivity contribution in [2.45, 2.75) is 0 Å². The number of hydrogen-bond acceptors (Lipinski definition) is 2. The number of aromatic nitrogens is 1. The molecule has 0 fully saturated rings. The van der Waals surface area contributed by atoms with Gasteiger partial charge in [-0.15, -0.1) is 0 Å². The number of nitrogens with one attached hydrogen (secondary N) is 1. The van der Waals surface area contributed by atoms with Crippen LogP contribution in [0.4, 0.5) is 10.1 Å². The first-order chi connectivity index (χ1) is 8.56. The van der Waals surface area contributed by atoms with Crippen molar-refractivity contribution < 1.29 is 9.18 Å². The van der Waals surface area contributed by atoms with E-state index in [-0.39, 0.29) is 21.6 Å². The molecule has 1 N–H and O–H groups in total. The predicted octanol–water partition coefficient (Wildman–Crippen LogP) is 3.78. The van der Waals surface area contributed by atoms with Crippen LogP contribution in [0, 0.1) is 5.82 Å². The summed E-state index contributed by atoms with van der Waals surface area (Å²) in [6, 6.07) is 6.83. The lowest BCUT2D eigenvalue weighted by Crippen LogP contribution is -2.12. The molecule has 2 aromatic rings. The lowest BCUT2D eigenvalue weighted by molar-refractivity contribution is 0.102. The zero-order valence-corrected chi connectivity index (χ0v) is 10.5. The molecule has 18 heavy (non-hydrogen) atoms. The second-order valence-electron chi connectivity index (χ2n) is 3.46. The van der Waals surface area contributed by atoms with Gasteiger partial charge in [0.25, 0.3) is 5.91 Å². The largest absolute Gasteiger partial charge is 0.322 e. The average molecular weight is 285 g/mol. The number of pyridine rings is 1. The highest BCUT2D eigenvalue weighted by Gasteiger charge is 2.09. The zero-order chi connectivity index (χ0) is 13.1. The summed E-state index contributed by atoms with van der Waals surface area (Å²) < 4.78 is 12.7. The molecule has 1 aromatic carbocycles. The summed E-state index contributed by atoms with van der Waals surface area (Å²) in [5, 5.41) is 2.92. The molecule has 0 radical (unpaired) electrons. The Bertz CT molecular complexity index is 587. The minimum absolute atomic E-state index is 0.134. The Balaban J connectivity index is 2.16. The summed E-state index contributed by atoms with van der Waals surface area (Å²) in [5.41, 5.74) is 0.751. The first kappa shape index (κ1) is 12.8. The topological polar surface area (TPSA) is 42.0 Å². The van der Waals surface area contributed by atoms with E-state index in [1.807, 2.05) is 0 Å². The Morgan fingerprint density at radius 3 is 2.50 bits per heavy atom. The molecule has 0 saturated carbocycles. The molecule has 0 bridgehead atoms. The van der Waals surface area contributed by atoms with Crippen molar-refractivity contribution in [3.05, 3.63) is 58.1 Å². The van der Waals surface area contributed by atoms with E-state index in [9.17, 15) is 9.18 Å². The molecule has 1 amide bonds. The number of amides is 1. The SMILES string of the molecule is O=C(Nc1ccc(F)cc1)c1cnc(Cl)c(Cl)c1. The van der Waals surface area contributed by atoms with Crippen LogP contribution in [0.2, 0.25) is 10.2 Å². The van der Waals surface area contributed by atoms with E-state index in [2.05, 4.69) is 10.3 Å². The summed E-state index contributed by atoms with van der Waals surface area (Å²) >= 11 is 11.4. The summed E-state index contributed by atoms with van der Waals surface area (Å²) in [6.45, 7) is 0. The molecule has 0 saturated heterocycles. The second kappa shape index (κ2) is 5.33. The number of halogens is 3. The van der Waals surface area contributed by atoms with E-state index in [1.54, 1.807) is 0 Å². The van der Waals surface area contributed by atoms with Gasteiger partial charge >= 0.3 is 0 Å². The van der Waals surface area contributed by atoms with Gasteiger partial charge in [0.15, 0.2) is 0 Å². The quantitative estimate of drug-likeness (QED) is 0.853. The molecule has 1 aromatic heterocycles. The fourth-order valence-electron chi connectivity index (χ4n) is 1.28. The van der Waals surface area contributed by atoms with E-state index in [0.717, 1.165) is 0 Å². The van der Waals surface area contributed by atoms with Crippen LogP contribution in [0.5, 0.6) is 0 Å². The third kappa shape index (κ3) is 2.97. The van der Waals surface area contributed by atoms with Crippen LogP contribution < -0.4 is 5.32 Å². The molecule has 0 aliphatic rings. The van der Waals surface area contributed by atoms with Crippen molar-refractivity contribution in [1.82, 2.24) is 4.98 Å². The number of benzene rings is 1. The lowest BCUT2D eigenvalue weighted by Gasteiger charge is -2.05. The Kier molecular flexibility index (Phi) is 3.79. The first-order valence-corrected chi connectivity index (χ1v) is 5.70. The number of nitrogens with zero attached hydrogens (tertiary/aromatic N) is 1. The molecule has 0 unspecified atom stereocenters. The van der Waals surface area contributed by atoms with Gasteiger partial charge in [-0.3, -0.25) is 4.79 Å². The molecule has 2 rings (SSSR count). The number of carbonyl (C=O) groups is 1. The smallest absolute Gasteiger partial charge is 0.257 e. The maximum absolute atomic E-state index is 12.7. The summed E-state index contributed by atoms with van der Waals surface area (Å²) in [7, 11) is 0. The van der Waals surface area contributed by atoms with E-state index in [0.29, 0.717) is 5.69 Å². The lowest BCUT2D eigenvalue weighted by atomic mass is 10.2. The van der Waals surface area contributed by atoms with E-state index in [1.165, 1.54) is 36.5 Å². The van der Waals surface area contributed by atoms with Crippen LogP contribution in [0.15, 0.2) is 36.5 Å². The van der Waals surface area contributed by atoms with E-state index in [4.69, 9.17) is 23.2 Å². The minimum atomic E-state index is -0.396. The molecular formula is C12H7Cl2FN2O. The van der Waals surface area contributed by atoms with Gasteiger partial charge in [0.2, 0.25) is 0 Å². The Morgan fingerprint density at radius 2 is 1.89 bits per heavy atom. The van der Waals surface area contributed by atoms with Gasteiger partial charge in [-0.25, -0.2) is 9.37 Å². The minimum Gasteiger partial charge on any atom is -0.322 e. The third-order valence-electron chi connectivity index (χ3n) is 2.16. The molecule has 0 atom stereocenters. The Hall–Kier alpha value is -1.65. The molecule has 3 nitrogen and oxygen atoms in total. The van der Waals surface area contributed by atoms with Crippen LogP contribution >= 0.6 is 23.2 Å². The van der Waals surface area contributed by atoms with E-state index >= 15 is 0 Å². The number of hydrogen-bond donors (Lipinski definition) is 1. The number of carbonyl (C=O) groups excluding carboxylic acids is 1. The third-order valence-corrected chi connectivity index (χ3v) is 2.85. The Labute approximate surface area is 113 Å². The van der Waals surface area contributed by atoms with Crippen molar-refractivity contribution in [3.63, 3.8) is 0 Å². The van der Waals surface area contributed by atoms with Crippen LogP contribution in [0.25, 0.3) is 0 Å². The molecule has 1 heterocycles. The zero-order valence-electron chi connectivity index (χ0n) is 8.95. The van der Waals surface area contributed by atoms with Crippen molar-refractivity contribution in [1.29, 1.82) is 0 Å². The monoisotopic (exact) mass is 284 g/mol. The van der Waals surface area contributed by atoms with Crippen LogP contribution in [0.1, 0.15) is 10.4 Å². The number of anilines is 1. The fraction of sp³-hybridized carbons (Fsp3) is 0. The normalized spacial score (nSPS) is 10.2. The molecule has 92 valence electrons. The van der Waals surface area contributed by atoms with Gasteiger partial charge in [0.05, 0.1) is 10.6 Å². The molecular weight excluding hydrogens is 278 g/mol. The van der Waals surface area contributed by atoms with Gasteiger partial charge in [0, 0.05) is 11.9 Å². The molecule has 6 heteroatoms. The summed E-state index contributed by atoms with van der Waals surface area (Å²) in [5.74, 6) is -0.767. The van der Waals surface area contributed by atoms with Gasteiger partial charge in [0.1, 0.15) is 11.0 Å². The van der Waals surface area contributed by atoms with Gasteiger partial charge in [-0.2, -0.15) is 0 Å². The standard InChI is InChI=1S/C12H7Cl2FN2O/c13-10-5-7(6-16-11(10)14)12(18)17-9-3-1-8(15)2-4-9/h1-6H,(H,17,18). The van der Waals surface area contributed by atoms with Crippen molar-refractivity contribution in [2.24, 2.45) is 0 Å². The van der Waals surface area contributed by atoms with Gasteiger partial charge < -0.3 is 5.32 Å².